The first-order valence-corrected chi connectivity index (χ1v) is 11.9. The Morgan fingerprint density at radius 2 is 1.97 bits per heavy atom. The van der Waals surface area contributed by atoms with Crippen molar-refractivity contribution in [3.05, 3.63) is 45.9 Å². The van der Waals surface area contributed by atoms with Crippen LogP contribution in [0.15, 0.2) is 34.3 Å². The van der Waals surface area contributed by atoms with Crippen molar-refractivity contribution in [3.63, 3.8) is 0 Å². The minimum Gasteiger partial charge on any atom is -0.343 e. The molecule has 4 heterocycles. The predicted octanol–water partition coefficient (Wildman–Crippen LogP) is 3.49. The molecule has 0 aliphatic carbocycles. The van der Waals surface area contributed by atoms with Gasteiger partial charge in [0, 0.05) is 25.3 Å². The highest BCUT2D eigenvalue weighted by molar-refractivity contribution is 7.99. The topological polar surface area (TPSA) is 73.0 Å². The van der Waals surface area contributed by atoms with E-state index in [0.717, 1.165) is 31.6 Å². The van der Waals surface area contributed by atoms with Crippen LogP contribution in [0, 0.1) is 19.8 Å². The number of aromatic nitrogens is 4. The molecule has 1 aromatic carbocycles. The lowest BCUT2D eigenvalue weighted by molar-refractivity contribution is -0.133. The van der Waals surface area contributed by atoms with Gasteiger partial charge in [-0.15, -0.1) is 0 Å². The molecule has 7 nitrogen and oxygen atoms in total. The SMILES string of the molecule is Cc1ccc(-n2ncc3c(=O)n4c(nc32)SCC4CC(=O)N2CCC(C)CC2)cc1C. The van der Waals surface area contributed by atoms with Gasteiger partial charge in [-0.25, -0.2) is 9.67 Å². The molecule has 1 atom stereocenters. The number of thioether (sulfide) groups is 1. The Kier molecular flexibility index (Phi) is 5.12. The largest absolute Gasteiger partial charge is 0.343 e. The van der Waals surface area contributed by atoms with E-state index in [9.17, 15) is 9.59 Å². The maximum atomic E-state index is 13.3. The van der Waals surface area contributed by atoms with Gasteiger partial charge in [-0.2, -0.15) is 5.10 Å². The van der Waals surface area contributed by atoms with Crippen LogP contribution in [-0.4, -0.2) is 49.0 Å². The van der Waals surface area contributed by atoms with Crippen LogP contribution in [0.5, 0.6) is 0 Å². The number of amides is 1. The smallest absolute Gasteiger partial charge is 0.265 e. The highest BCUT2D eigenvalue weighted by Crippen LogP contribution is 2.34. The zero-order valence-electron chi connectivity index (χ0n) is 18.2. The van der Waals surface area contributed by atoms with E-state index in [1.165, 1.54) is 11.1 Å². The Morgan fingerprint density at radius 3 is 2.71 bits per heavy atom. The van der Waals surface area contributed by atoms with Gasteiger partial charge in [-0.3, -0.25) is 14.2 Å². The molecular formula is C23H27N5O2S. The third-order valence-corrected chi connectivity index (χ3v) is 7.75. The average Bonchev–Trinajstić information content (AvgIpc) is 3.35. The zero-order valence-corrected chi connectivity index (χ0v) is 19.0. The van der Waals surface area contributed by atoms with E-state index >= 15 is 0 Å². The van der Waals surface area contributed by atoms with Crippen LogP contribution >= 0.6 is 11.8 Å². The normalized spacial score (nSPS) is 19.2. The summed E-state index contributed by atoms with van der Waals surface area (Å²) in [6.45, 7) is 8.01. The maximum Gasteiger partial charge on any atom is 0.265 e. The van der Waals surface area contributed by atoms with E-state index in [1.54, 1.807) is 27.2 Å². The van der Waals surface area contributed by atoms with Crippen molar-refractivity contribution in [2.24, 2.45) is 5.92 Å². The Bertz CT molecular complexity index is 1220. The van der Waals surface area contributed by atoms with Gasteiger partial charge in [-0.1, -0.05) is 24.8 Å². The van der Waals surface area contributed by atoms with Gasteiger partial charge < -0.3 is 4.90 Å². The summed E-state index contributed by atoms with van der Waals surface area (Å²) in [7, 11) is 0. The molecular weight excluding hydrogens is 410 g/mol. The minimum absolute atomic E-state index is 0.106. The molecule has 2 aliphatic heterocycles. The molecule has 1 fully saturated rings. The number of hydrogen-bond acceptors (Lipinski definition) is 5. The van der Waals surface area contributed by atoms with E-state index < -0.39 is 0 Å². The lowest BCUT2D eigenvalue weighted by Gasteiger charge is -2.31. The fraction of sp³-hybridized carbons (Fsp3) is 0.478. The molecule has 8 heteroatoms. The summed E-state index contributed by atoms with van der Waals surface area (Å²) < 4.78 is 3.45. The number of nitrogens with zero attached hydrogens (tertiary/aromatic N) is 5. The Labute approximate surface area is 185 Å². The number of carbonyl (C=O) groups is 1. The zero-order chi connectivity index (χ0) is 21.7. The van der Waals surface area contributed by atoms with E-state index in [2.05, 4.69) is 38.0 Å². The highest BCUT2D eigenvalue weighted by Gasteiger charge is 2.31. The van der Waals surface area contributed by atoms with Gasteiger partial charge in [0.25, 0.3) is 5.56 Å². The Balaban J connectivity index is 1.46. The molecule has 162 valence electrons. The number of fused-ring (bicyclic) bond motifs is 2. The van der Waals surface area contributed by atoms with Crippen molar-refractivity contribution in [2.45, 2.75) is 51.2 Å². The Morgan fingerprint density at radius 1 is 1.19 bits per heavy atom. The van der Waals surface area contributed by atoms with Gasteiger partial charge >= 0.3 is 0 Å². The van der Waals surface area contributed by atoms with Gasteiger partial charge in [0.2, 0.25) is 5.91 Å². The highest BCUT2D eigenvalue weighted by atomic mass is 32.2. The van der Waals surface area contributed by atoms with E-state index in [-0.39, 0.29) is 17.5 Å². The van der Waals surface area contributed by atoms with Crippen LogP contribution in [-0.2, 0) is 4.79 Å². The van der Waals surface area contributed by atoms with Gasteiger partial charge in [0.05, 0.1) is 17.9 Å². The van der Waals surface area contributed by atoms with Gasteiger partial charge in [0.15, 0.2) is 10.8 Å². The first kappa shape index (κ1) is 20.3. The standard InChI is InChI=1S/C23H27N5O2S/c1-14-6-8-26(9-7-14)20(29)11-18-13-31-23-25-21-19(22(30)27(18)23)12-24-28(21)17-5-4-15(2)16(3)10-17/h4-5,10,12,14,18H,6-9,11,13H2,1-3H3. The first-order chi connectivity index (χ1) is 14.9. The summed E-state index contributed by atoms with van der Waals surface area (Å²) in [5.41, 5.74) is 3.73. The van der Waals surface area contributed by atoms with Crippen LogP contribution in [0.3, 0.4) is 0 Å². The number of likely N-dealkylation sites (tertiary alicyclic amines) is 1. The lowest BCUT2D eigenvalue weighted by atomic mass is 9.99. The molecule has 0 N–H and O–H groups in total. The van der Waals surface area contributed by atoms with E-state index in [4.69, 9.17) is 4.98 Å². The fourth-order valence-corrected chi connectivity index (χ4v) is 5.55. The predicted molar refractivity (Wildman–Crippen MR) is 122 cm³/mol. The molecule has 0 bridgehead atoms. The van der Waals surface area contributed by atoms with Gasteiger partial charge in [0.1, 0.15) is 5.39 Å². The Hall–Kier alpha value is -2.61. The van der Waals surface area contributed by atoms with Crippen LogP contribution in [0.4, 0.5) is 0 Å². The van der Waals surface area contributed by atoms with Crippen molar-refractivity contribution in [1.29, 1.82) is 0 Å². The monoisotopic (exact) mass is 437 g/mol. The quantitative estimate of drug-likeness (QED) is 0.587. The summed E-state index contributed by atoms with van der Waals surface area (Å²) in [5.74, 6) is 1.52. The molecule has 0 spiro atoms. The first-order valence-electron chi connectivity index (χ1n) is 10.9. The van der Waals surface area contributed by atoms with Gasteiger partial charge in [-0.05, 0) is 55.9 Å². The fourth-order valence-electron chi connectivity index (χ4n) is 4.42. The van der Waals surface area contributed by atoms with Crippen molar-refractivity contribution in [2.75, 3.05) is 18.8 Å². The molecule has 1 unspecified atom stereocenters. The van der Waals surface area contributed by atoms with Crippen molar-refractivity contribution < 1.29 is 4.79 Å². The van der Waals surface area contributed by atoms with E-state index in [1.807, 2.05) is 11.0 Å². The second kappa shape index (κ2) is 7.82. The molecule has 1 amide bonds. The molecule has 3 aromatic rings. The van der Waals surface area contributed by atoms with Crippen LogP contribution in [0.2, 0.25) is 0 Å². The second-order valence-electron chi connectivity index (χ2n) is 8.86. The summed E-state index contributed by atoms with van der Waals surface area (Å²) >= 11 is 1.55. The number of benzene rings is 1. The molecule has 0 radical (unpaired) electrons. The number of aryl methyl sites for hydroxylation is 2. The summed E-state index contributed by atoms with van der Waals surface area (Å²) in [6, 6.07) is 5.95. The molecule has 2 aromatic heterocycles. The number of carbonyl (C=O) groups excluding carboxylic acids is 1. The number of hydrogen-bond donors (Lipinski definition) is 0. The van der Waals surface area contributed by atoms with Crippen LogP contribution in [0.25, 0.3) is 16.7 Å². The minimum atomic E-state index is -0.152. The summed E-state index contributed by atoms with van der Waals surface area (Å²) in [4.78, 5) is 32.9. The lowest BCUT2D eigenvalue weighted by Crippen LogP contribution is -2.39. The number of piperidine rings is 1. The van der Waals surface area contributed by atoms with Crippen LogP contribution < -0.4 is 5.56 Å². The maximum absolute atomic E-state index is 13.3. The molecule has 1 saturated heterocycles. The molecule has 2 aliphatic rings. The van der Waals surface area contributed by atoms with Crippen molar-refractivity contribution >= 4 is 28.7 Å². The van der Waals surface area contributed by atoms with Crippen LogP contribution in [0.1, 0.15) is 43.4 Å². The van der Waals surface area contributed by atoms with Crippen molar-refractivity contribution in [1.82, 2.24) is 24.2 Å². The summed E-state index contributed by atoms with van der Waals surface area (Å²) in [5, 5.41) is 5.63. The average molecular weight is 438 g/mol. The third kappa shape index (κ3) is 3.56. The second-order valence-corrected chi connectivity index (χ2v) is 9.85. The number of rotatable bonds is 3. The molecule has 5 rings (SSSR count). The molecule has 31 heavy (non-hydrogen) atoms. The third-order valence-electron chi connectivity index (χ3n) is 6.65. The molecule has 0 saturated carbocycles. The van der Waals surface area contributed by atoms with Crippen molar-refractivity contribution in [3.8, 4) is 5.69 Å². The van der Waals surface area contributed by atoms with E-state index in [0.29, 0.717) is 34.3 Å². The summed E-state index contributed by atoms with van der Waals surface area (Å²) in [6.07, 6.45) is 4.07.